The second kappa shape index (κ2) is 8.12. The van der Waals surface area contributed by atoms with Crippen LogP contribution in [0.2, 0.25) is 0 Å². The van der Waals surface area contributed by atoms with Crippen LogP contribution < -0.4 is 0 Å². The summed E-state index contributed by atoms with van der Waals surface area (Å²) in [6.07, 6.45) is 0.0415. The van der Waals surface area contributed by atoms with Crippen molar-refractivity contribution in [1.29, 1.82) is 0 Å². The van der Waals surface area contributed by atoms with E-state index in [0.717, 1.165) is 32.4 Å². The quantitative estimate of drug-likeness (QED) is 0.391. The molecule has 144 valence electrons. The van der Waals surface area contributed by atoms with E-state index >= 15 is 0 Å². The van der Waals surface area contributed by atoms with Gasteiger partial charge in [-0.3, -0.25) is 4.79 Å². The highest BCUT2D eigenvalue weighted by atomic mass is 32.1. The topological polar surface area (TPSA) is 61.6 Å². The number of hydrogen-bond donors (Lipinski definition) is 0. The molecule has 0 bridgehead atoms. The van der Waals surface area contributed by atoms with E-state index in [1.807, 2.05) is 49.6 Å². The number of carbonyl (C=O) groups is 1. The van der Waals surface area contributed by atoms with Gasteiger partial charge in [-0.15, -0.1) is 11.3 Å². The SMILES string of the molecule is CCOC(C)c1nc(COC(=O)Cc2cc3c(ccc4ccccc43)o2)cs1. The summed E-state index contributed by atoms with van der Waals surface area (Å²) in [5.41, 5.74) is 1.51. The Bertz CT molecular complexity index is 1110. The van der Waals surface area contributed by atoms with Crippen molar-refractivity contribution in [2.75, 3.05) is 6.61 Å². The van der Waals surface area contributed by atoms with Gasteiger partial charge in [0, 0.05) is 17.4 Å². The van der Waals surface area contributed by atoms with Gasteiger partial charge >= 0.3 is 5.97 Å². The van der Waals surface area contributed by atoms with Gasteiger partial charge in [-0.05, 0) is 36.8 Å². The number of furan rings is 1. The molecule has 0 fully saturated rings. The summed E-state index contributed by atoms with van der Waals surface area (Å²) < 4.78 is 16.7. The number of ether oxygens (including phenoxy) is 2. The maximum absolute atomic E-state index is 12.2. The number of esters is 1. The largest absolute Gasteiger partial charge is 0.460 e. The fourth-order valence-electron chi connectivity index (χ4n) is 3.18. The molecule has 0 amide bonds. The van der Waals surface area contributed by atoms with Crippen LogP contribution >= 0.6 is 11.3 Å². The van der Waals surface area contributed by atoms with Crippen molar-refractivity contribution in [2.24, 2.45) is 0 Å². The molecule has 4 rings (SSSR count). The molecule has 4 aromatic rings. The Morgan fingerprint density at radius 2 is 2.07 bits per heavy atom. The molecule has 0 radical (unpaired) electrons. The average Bonchev–Trinajstić information content (AvgIpc) is 3.33. The molecule has 5 nitrogen and oxygen atoms in total. The van der Waals surface area contributed by atoms with Crippen LogP contribution in [0.3, 0.4) is 0 Å². The van der Waals surface area contributed by atoms with Crippen LogP contribution in [-0.4, -0.2) is 17.6 Å². The molecule has 0 saturated heterocycles. The molecule has 6 heteroatoms. The van der Waals surface area contributed by atoms with Crippen molar-refractivity contribution in [3.8, 4) is 0 Å². The van der Waals surface area contributed by atoms with E-state index in [9.17, 15) is 4.79 Å². The Balaban J connectivity index is 1.41. The summed E-state index contributed by atoms with van der Waals surface area (Å²) in [5, 5.41) is 6.05. The predicted octanol–water partition coefficient (Wildman–Crippen LogP) is 5.43. The second-order valence-electron chi connectivity index (χ2n) is 6.52. The first-order valence-electron chi connectivity index (χ1n) is 9.25. The molecule has 0 aliphatic heterocycles. The van der Waals surface area contributed by atoms with Crippen molar-refractivity contribution >= 4 is 39.0 Å². The molecule has 0 spiro atoms. The van der Waals surface area contributed by atoms with Crippen LogP contribution in [0.5, 0.6) is 0 Å². The first-order valence-corrected chi connectivity index (χ1v) is 10.1. The molecule has 1 unspecified atom stereocenters. The van der Waals surface area contributed by atoms with Gasteiger partial charge in [0.15, 0.2) is 0 Å². The average molecular weight is 395 g/mol. The summed E-state index contributed by atoms with van der Waals surface area (Å²) in [6, 6.07) is 14.0. The van der Waals surface area contributed by atoms with E-state index < -0.39 is 0 Å². The lowest BCUT2D eigenvalue weighted by Crippen LogP contribution is -2.08. The minimum atomic E-state index is -0.337. The highest BCUT2D eigenvalue weighted by molar-refractivity contribution is 7.09. The number of benzene rings is 2. The first-order chi connectivity index (χ1) is 13.6. The third-order valence-corrected chi connectivity index (χ3v) is 5.57. The molecule has 0 aliphatic carbocycles. The van der Waals surface area contributed by atoms with E-state index in [2.05, 4.69) is 17.1 Å². The third kappa shape index (κ3) is 3.93. The van der Waals surface area contributed by atoms with Crippen LogP contribution in [0.1, 0.15) is 36.4 Å². The van der Waals surface area contributed by atoms with Gasteiger partial charge in [0.05, 0.1) is 5.69 Å². The number of carbonyl (C=O) groups excluding carboxylic acids is 1. The van der Waals surface area contributed by atoms with Gasteiger partial charge in [-0.25, -0.2) is 4.98 Å². The molecule has 2 heterocycles. The van der Waals surface area contributed by atoms with Gasteiger partial charge in [-0.1, -0.05) is 30.3 Å². The molecule has 2 aromatic carbocycles. The van der Waals surface area contributed by atoms with Crippen LogP contribution in [0.25, 0.3) is 21.7 Å². The van der Waals surface area contributed by atoms with Crippen LogP contribution in [0.15, 0.2) is 52.3 Å². The molecule has 0 saturated carbocycles. The van der Waals surface area contributed by atoms with Gasteiger partial charge in [-0.2, -0.15) is 0 Å². The van der Waals surface area contributed by atoms with Crippen molar-refractivity contribution in [2.45, 2.75) is 33.0 Å². The predicted molar refractivity (Wildman–Crippen MR) is 109 cm³/mol. The molecule has 0 aliphatic rings. The Morgan fingerprint density at radius 3 is 2.93 bits per heavy atom. The fraction of sp³-hybridized carbons (Fsp3) is 0.273. The molecule has 1 atom stereocenters. The molecule has 0 N–H and O–H groups in total. The molecule has 28 heavy (non-hydrogen) atoms. The summed E-state index contributed by atoms with van der Waals surface area (Å²) in [4.78, 5) is 16.7. The standard InChI is InChI=1S/C22H21NO4S/c1-3-25-14(2)22-23-16(13-28-22)12-26-21(24)11-17-10-19-18-7-5-4-6-15(18)8-9-20(19)27-17/h4-10,13-14H,3,11-12H2,1-2H3. The second-order valence-corrected chi connectivity index (χ2v) is 7.41. The van der Waals surface area contributed by atoms with Gasteiger partial charge in [0.2, 0.25) is 0 Å². The number of fused-ring (bicyclic) bond motifs is 3. The third-order valence-electron chi connectivity index (χ3n) is 4.51. The monoisotopic (exact) mass is 395 g/mol. The maximum atomic E-state index is 12.2. The van der Waals surface area contributed by atoms with E-state index in [1.165, 1.54) is 11.3 Å². The van der Waals surface area contributed by atoms with E-state index in [-0.39, 0.29) is 25.1 Å². The fourth-order valence-corrected chi connectivity index (χ4v) is 3.98. The minimum Gasteiger partial charge on any atom is -0.460 e. The number of thiazole rings is 1. The van der Waals surface area contributed by atoms with Crippen LogP contribution in [0, 0.1) is 0 Å². The van der Waals surface area contributed by atoms with Crippen molar-refractivity contribution in [3.05, 3.63) is 64.3 Å². The zero-order valence-electron chi connectivity index (χ0n) is 15.8. The lowest BCUT2D eigenvalue weighted by Gasteiger charge is -2.07. The van der Waals surface area contributed by atoms with Crippen molar-refractivity contribution in [1.82, 2.24) is 4.98 Å². The Kier molecular flexibility index (Phi) is 5.41. The molecule has 2 aromatic heterocycles. The van der Waals surface area contributed by atoms with Crippen LogP contribution in [0.4, 0.5) is 0 Å². The number of rotatable bonds is 7. The van der Waals surface area contributed by atoms with Crippen LogP contribution in [-0.2, 0) is 27.3 Å². The van der Waals surface area contributed by atoms with E-state index in [0.29, 0.717) is 12.4 Å². The summed E-state index contributed by atoms with van der Waals surface area (Å²) in [7, 11) is 0. The van der Waals surface area contributed by atoms with Gasteiger partial charge < -0.3 is 13.9 Å². The van der Waals surface area contributed by atoms with E-state index in [4.69, 9.17) is 13.9 Å². The Hall–Kier alpha value is -2.70. The molecular formula is C22H21NO4S. The zero-order valence-corrected chi connectivity index (χ0v) is 16.6. The summed E-state index contributed by atoms with van der Waals surface area (Å²) >= 11 is 1.51. The Labute approximate surface area is 166 Å². The zero-order chi connectivity index (χ0) is 19.5. The lowest BCUT2D eigenvalue weighted by molar-refractivity contribution is -0.144. The van der Waals surface area contributed by atoms with Gasteiger partial charge in [0.1, 0.15) is 35.5 Å². The maximum Gasteiger partial charge on any atom is 0.313 e. The number of hydrogen-bond acceptors (Lipinski definition) is 6. The number of aromatic nitrogens is 1. The first kappa shape index (κ1) is 18.7. The van der Waals surface area contributed by atoms with E-state index in [1.54, 1.807) is 0 Å². The normalized spacial score (nSPS) is 12.5. The summed E-state index contributed by atoms with van der Waals surface area (Å²) in [5.74, 6) is 0.260. The lowest BCUT2D eigenvalue weighted by atomic mass is 10.1. The van der Waals surface area contributed by atoms with Gasteiger partial charge in [0.25, 0.3) is 0 Å². The highest BCUT2D eigenvalue weighted by Gasteiger charge is 2.14. The van der Waals surface area contributed by atoms with Crippen molar-refractivity contribution < 1.29 is 18.7 Å². The van der Waals surface area contributed by atoms with Crippen molar-refractivity contribution in [3.63, 3.8) is 0 Å². The Morgan fingerprint density at radius 1 is 1.21 bits per heavy atom. The summed E-state index contributed by atoms with van der Waals surface area (Å²) in [6.45, 7) is 4.70. The highest BCUT2D eigenvalue weighted by Crippen LogP contribution is 2.28. The molecular weight excluding hydrogens is 374 g/mol. The smallest absolute Gasteiger partial charge is 0.313 e. The minimum absolute atomic E-state index is 0.0511. The number of nitrogens with zero attached hydrogens (tertiary/aromatic N) is 1.